The number of thiophene rings is 1. The minimum Gasteiger partial charge on any atom is -0.388 e. The predicted octanol–water partition coefficient (Wildman–Crippen LogP) is 2.08. The molecular weight excluding hydrogens is 218 g/mol. The SMILES string of the molecule is N=C(N)CCN(CCc1ccsc1)C1CC1. The average Bonchev–Trinajstić information content (AvgIpc) is 2.95. The van der Waals surface area contributed by atoms with Gasteiger partial charge in [-0.3, -0.25) is 10.3 Å². The van der Waals surface area contributed by atoms with E-state index >= 15 is 0 Å². The van der Waals surface area contributed by atoms with Crippen LogP contribution in [0.4, 0.5) is 0 Å². The van der Waals surface area contributed by atoms with E-state index in [1.165, 1.54) is 18.4 Å². The summed E-state index contributed by atoms with van der Waals surface area (Å²) in [5, 5.41) is 11.6. The number of nitrogens with two attached hydrogens (primary N) is 1. The van der Waals surface area contributed by atoms with Gasteiger partial charge in [0.2, 0.25) is 0 Å². The molecule has 3 nitrogen and oxygen atoms in total. The van der Waals surface area contributed by atoms with Gasteiger partial charge in [0.1, 0.15) is 0 Å². The Bertz CT molecular complexity index is 330. The lowest BCUT2D eigenvalue weighted by Gasteiger charge is -2.21. The van der Waals surface area contributed by atoms with Crippen molar-refractivity contribution < 1.29 is 0 Å². The molecule has 1 aliphatic rings. The molecule has 16 heavy (non-hydrogen) atoms. The van der Waals surface area contributed by atoms with E-state index in [1.54, 1.807) is 11.3 Å². The number of rotatable bonds is 7. The Kier molecular flexibility index (Phi) is 3.96. The van der Waals surface area contributed by atoms with Gasteiger partial charge in [0.05, 0.1) is 5.84 Å². The molecule has 0 amide bonds. The van der Waals surface area contributed by atoms with E-state index in [0.717, 1.165) is 25.6 Å². The number of amidine groups is 1. The minimum atomic E-state index is 0.307. The second-order valence-corrected chi connectivity index (χ2v) is 5.20. The maximum Gasteiger partial charge on any atom is 0.0918 e. The van der Waals surface area contributed by atoms with Crippen molar-refractivity contribution in [3.8, 4) is 0 Å². The van der Waals surface area contributed by atoms with Gasteiger partial charge in [0.15, 0.2) is 0 Å². The molecule has 0 bridgehead atoms. The second kappa shape index (κ2) is 5.46. The van der Waals surface area contributed by atoms with Crippen molar-refractivity contribution in [1.82, 2.24) is 4.90 Å². The van der Waals surface area contributed by atoms with Crippen molar-refractivity contribution in [2.45, 2.75) is 31.7 Å². The molecule has 0 saturated heterocycles. The third kappa shape index (κ3) is 3.61. The van der Waals surface area contributed by atoms with Gasteiger partial charge in [0, 0.05) is 25.6 Å². The molecule has 0 aliphatic heterocycles. The summed E-state index contributed by atoms with van der Waals surface area (Å²) in [6.45, 7) is 2.05. The highest BCUT2D eigenvalue weighted by molar-refractivity contribution is 7.07. The molecule has 1 aromatic heterocycles. The molecule has 0 aromatic carbocycles. The summed E-state index contributed by atoms with van der Waals surface area (Å²) in [5.41, 5.74) is 6.84. The Hall–Kier alpha value is -0.870. The van der Waals surface area contributed by atoms with E-state index in [1.807, 2.05) is 0 Å². The third-order valence-electron chi connectivity index (χ3n) is 3.00. The third-order valence-corrected chi connectivity index (χ3v) is 3.73. The first-order valence-electron chi connectivity index (χ1n) is 5.84. The zero-order valence-corrected chi connectivity index (χ0v) is 10.3. The Morgan fingerprint density at radius 3 is 2.88 bits per heavy atom. The summed E-state index contributed by atoms with van der Waals surface area (Å²) in [7, 11) is 0. The van der Waals surface area contributed by atoms with Crippen LogP contribution in [0.2, 0.25) is 0 Å². The molecule has 4 heteroatoms. The van der Waals surface area contributed by atoms with Crippen LogP contribution in [0.5, 0.6) is 0 Å². The lowest BCUT2D eigenvalue weighted by atomic mass is 10.2. The van der Waals surface area contributed by atoms with Gasteiger partial charge in [-0.2, -0.15) is 11.3 Å². The number of hydrogen-bond acceptors (Lipinski definition) is 3. The molecule has 88 valence electrons. The standard InChI is InChI=1S/C12H19N3S/c13-12(14)4-7-15(11-1-2-11)6-3-10-5-8-16-9-10/h5,8-9,11H,1-4,6-7H2,(H3,13,14). The fourth-order valence-corrected chi connectivity index (χ4v) is 2.59. The number of nitrogens with zero attached hydrogens (tertiary/aromatic N) is 1. The minimum absolute atomic E-state index is 0.307. The lowest BCUT2D eigenvalue weighted by molar-refractivity contribution is 0.274. The number of nitrogens with one attached hydrogen (secondary N) is 1. The van der Waals surface area contributed by atoms with Crippen molar-refractivity contribution in [3.05, 3.63) is 22.4 Å². The Morgan fingerprint density at radius 1 is 1.50 bits per heavy atom. The topological polar surface area (TPSA) is 53.1 Å². The molecule has 1 aromatic rings. The van der Waals surface area contributed by atoms with Crippen LogP contribution in [0.3, 0.4) is 0 Å². The van der Waals surface area contributed by atoms with Crippen LogP contribution in [-0.2, 0) is 6.42 Å². The van der Waals surface area contributed by atoms with Crippen molar-refractivity contribution >= 4 is 17.2 Å². The van der Waals surface area contributed by atoms with E-state index in [9.17, 15) is 0 Å². The van der Waals surface area contributed by atoms with Gasteiger partial charge in [-0.1, -0.05) is 0 Å². The van der Waals surface area contributed by atoms with Crippen LogP contribution in [0, 0.1) is 5.41 Å². The zero-order chi connectivity index (χ0) is 11.4. The number of hydrogen-bond donors (Lipinski definition) is 2. The first-order chi connectivity index (χ1) is 7.75. The van der Waals surface area contributed by atoms with Gasteiger partial charge >= 0.3 is 0 Å². The quantitative estimate of drug-likeness (QED) is 0.563. The highest BCUT2D eigenvalue weighted by Gasteiger charge is 2.28. The van der Waals surface area contributed by atoms with Crippen LogP contribution >= 0.6 is 11.3 Å². The maximum atomic E-state index is 7.27. The van der Waals surface area contributed by atoms with Crippen LogP contribution in [0.25, 0.3) is 0 Å². The maximum absolute atomic E-state index is 7.27. The van der Waals surface area contributed by atoms with E-state index in [-0.39, 0.29) is 0 Å². The van der Waals surface area contributed by atoms with E-state index in [0.29, 0.717) is 12.3 Å². The summed E-state index contributed by atoms with van der Waals surface area (Å²) in [5.74, 6) is 0.307. The Labute approximate surface area is 101 Å². The molecule has 0 radical (unpaired) electrons. The summed E-state index contributed by atoms with van der Waals surface area (Å²) in [6.07, 6.45) is 4.47. The van der Waals surface area contributed by atoms with Gasteiger partial charge < -0.3 is 5.73 Å². The van der Waals surface area contributed by atoms with Crippen LogP contribution in [0.1, 0.15) is 24.8 Å². The molecule has 0 atom stereocenters. The largest absolute Gasteiger partial charge is 0.388 e. The first-order valence-corrected chi connectivity index (χ1v) is 6.78. The highest BCUT2D eigenvalue weighted by atomic mass is 32.1. The molecule has 0 unspecified atom stereocenters. The molecular formula is C12H19N3S. The van der Waals surface area contributed by atoms with Crippen LogP contribution in [-0.4, -0.2) is 29.9 Å². The normalized spacial score (nSPS) is 15.6. The molecule has 1 fully saturated rings. The van der Waals surface area contributed by atoms with Gasteiger partial charge in [0.25, 0.3) is 0 Å². The highest BCUT2D eigenvalue weighted by Crippen LogP contribution is 2.27. The van der Waals surface area contributed by atoms with Gasteiger partial charge in [-0.25, -0.2) is 0 Å². The first kappa shape index (κ1) is 11.6. The van der Waals surface area contributed by atoms with E-state index < -0.39 is 0 Å². The fraction of sp³-hybridized carbons (Fsp3) is 0.583. The molecule has 1 heterocycles. The van der Waals surface area contributed by atoms with Crippen molar-refractivity contribution in [1.29, 1.82) is 5.41 Å². The summed E-state index contributed by atoms with van der Waals surface area (Å²) in [4.78, 5) is 2.49. The van der Waals surface area contributed by atoms with Crippen molar-refractivity contribution in [2.75, 3.05) is 13.1 Å². The predicted molar refractivity (Wildman–Crippen MR) is 69.1 cm³/mol. The van der Waals surface area contributed by atoms with Crippen molar-refractivity contribution in [2.24, 2.45) is 5.73 Å². The molecule has 1 saturated carbocycles. The van der Waals surface area contributed by atoms with Gasteiger partial charge in [-0.05, 0) is 41.7 Å². The van der Waals surface area contributed by atoms with Crippen molar-refractivity contribution in [3.63, 3.8) is 0 Å². The van der Waals surface area contributed by atoms with E-state index in [2.05, 4.69) is 21.7 Å². The molecule has 0 spiro atoms. The van der Waals surface area contributed by atoms with Crippen LogP contribution in [0.15, 0.2) is 16.8 Å². The summed E-state index contributed by atoms with van der Waals surface area (Å²) < 4.78 is 0. The van der Waals surface area contributed by atoms with E-state index in [4.69, 9.17) is 11.1 Å². The fourth-order valence-electron chi connectivity index (χ4n) is 1.89. The monoisotopic (exact) mass is 237 g/mol. The average molecular weight is 237 g/mol. The smallest absolute Gasteiger partial charge is 0.0918 e. The summed E-state index contributed by atoms with van der Waals surface area (Å²) in [6, 6.07) is 2.96. The second-order valence-electron chi connectivity index (χ2n) is 4.42. The van der Waals surface area contributed by atoms with Gasteiger partial charge in [-0.15, -0.1) is 0 Å². The Morgan fingerprint density at radius 2 is 2.31 bits per heavy atom. The molecule has 2 rings (SSSR count). The molecule has 3 N–H and O–H groups in total. The van der Waals surface area contributed by atoms with Crippen LogP contribution < -0.4 is 5.73 Å². The lowest BCUT2D eigenvalue weighted by Crippen LogP contribution is -2.31. The summed E-state index contributed by atoms with van der Waals surface area (Å²) >= 11 is 1.76. The Balaban J connectivity index is 1.76. The molecule has 1 aliphatic carbocycles. The zero-order valence-electron chi connectivity index (χ0n) is 9.48.